The molecular formula is C17H13N3OS. The van der Waals surface area contributed by atoms with Crippen molar-refractivity contribution in [2.24, 2.45) is 7.05 Å². The molecule has 0 fully saturated rings. The number of nitrogens with zero attached hydrogens (tertiary/aromatic N) is 2. The van der Waals surface area contributed by atoms with E-state index in [2.05, 4.69) is 10.3 Å². The topological polar surface area (TPSA) is 46.9 Å². The van der Waals surface area contributed by atoms with E-state index in [0.29, 0.717) is 10.7 Å². The molecule has 22 heavy (non-hydrogen) atoms. The van der Waals surface area contributed by atoms with Crippen molar-refractivity contribution in [3.63, 3.8) is 0 Å². The Balaban J connectivity index is 1.66. The lowest BCUT2D eigenvalue weighted by Gasteiger charge is -2.03. The Labute approximate surface area is 131 Å². The van der Waals surface area contributed by atoms with Crippen molar-refractivity contribution in [1.29, 1.82) is 0 Å². The second-order valence-corrected chi connectivity index (χ2v) is 6.17. The predicted molar refractivity (Wildman–Crippen MR) is 90.5 cm³/mol. The fourth-order valence-corrected chi connectivity index (χ4v) is 3.36. The molecule has 2 aromatic carbocycles. The molecule has 1 N–H and O–H groups in total. The number of carbonyl (C=O) groups is 1. The van der Waals surface area contributed by atoms with Gasteiger partial charge in [0, 0.05) is 24.3 Å². The highest BCUT2D eigenvalue weighted by atomic mass is 32.1. The number of amides is 1. The van der Waals surface area contributed by atoms with E-state index in [4.69, 9.17) is 0 Å². The minimum absolute atomic E-state index is 0.137. The molecule has 4 aromatic rings. The van der Waals surface area contributed by atoms with Gasteiger partial charge in [0.15, 0.2) is 5.13 Å². The normalized spacial score (nSPS) is 11.1. The summed E-state index contributed by atoms with van der Waals surface area (Å²) in [5.74, 6) is -0.137. The van der Waals surface area contributed by atoms with E-state index in [9.17, 15) is 4.79 Å². The summed E-state index contributed by atoms with van der Waals surface area (Å²) in [6, 6.07) is 15.6. The van der Waals surface area contributed by atoms with E-state index in [0.717, 1.165) is 21.1 Å². The number of anilines is 1. The van der Waals surface area contributed by atoms with Crippen molar-refractivity contribution >= 4 is 43.5 Å². The number of rotatable bonds is 2. The Morgan fingerprint density at radius 1 is 1.18 bits per heavy atom. The second kappa shape index (κ2) is 4.96. The third kappa shape index (κ3) is 2.16. The van der Waals surface area contributed by atoms with Gasteiger partial charge >= 0.3 is 0 Å². The van der Waals surface area contributed by atoms with Crippen LogP contribution >= 0.6 is 11.3 Å². The van der Waals surface area contributed by atoms with Crippen molar-refractivity contribution in [1.82, 2.24) is 9.55 Å². The van der Waals surface area contributed by atoms with Crippen LogP contribution in [0, 0.1) is 0 Å². The molecule has 4 nitrogen and oxygen atoms in total. The molecule has 2 heterocycles. The zero-order chi connectivity index (χ0) is 15.1. The zero-order valence-electron chi connectivity index (χ0n) is 11.9. The summed E-state index contributed by atoms with van der Waals surface area (Å²) in [6.07, 6.45) is 1.99. The fourth-order valence-electron chi connectivity index (χ4n) is 2.50. The van der Waals surface area contributed by atoms with Crippen LogP contribution in [0.2, 0.25) is 0 Å². The third-order valence-corrected chi connectivity index (χ3v) is 4.62. The van der Waals surface area contributed by atoms with Crippen molar-refractivity contribution < 1.29 is 4.79 Å². The van der Waals surface area contributed by atoms with Crippen LogP contribution in [0.5, 0.6) is 0 Å². The first-order valence-electron chi connectivity index (χ1n) is 6.93. The maximum Gasteiger partial charge on any atom is 0.257 e. The molecular weight excluding hydrogens is 294 g/mol. The smallest absolute Gasteiger partial charge is 0.257 e. The van der Waals surface area contributed by atoms with Gasteiger partial charge in [-0.1, -0.05) is 29.5 Å². The summed E-state index contributed by atoms with van der Waals surface area (Å²) < 4.78 is 3.07. The van der Waals surface area contributed by atoms with E-state index in [1.54, 1.807) is 0 Å². The zero-order valence-corrected chi connectivity index (χ0v) is 12.7. The lowest BCUT2D eigenvalue weighted by atomic mass is 10.1. The number of hydrogen-bond donors (Lipinski definition) is 1. The van der Waals surface area contributed by atoms with Gasteiger partial charge in [-0.05, 0) is 35.7 Å². The standard InChI is InChI=1S/C17H13N3OS/c1-20-9-8-11-6-7-12(10-14(11)20)16(21)19-17-18-13-4-2-3-5-15(13)22-17/h2-10H,1H3,(H,18,19,21). The maximum atomic E-state index is 12.4. The van der Waals surface area contributed by atoms with Crippen LogP contribution in [-0.4, -0.2) is 15.5 Å². The van der Waals surface area contributed by atoms with E-state index >= 15 is 0 Å². The number of benzene rings is 2. The number of aryl methyl sites for hydroxylation is 1. The highest BCUT2D eigenvalue weighted by molar-refractivity contribution is 7.22. The molecule has 1 amide bonds. The van der Waals surface area contributed by atoms with E-state index in [1.807, 2.05) is 66.3 Å². The fraction of sp³-hybridized carbons (Fsp3) is 0.0588. The summed E-state index contributed by atoms with van der Waals surface area (Å²) in [5, 5.41) is 4.63. The minimum atomic E-state index is -0.137. The van der Waals surface area contributed by atoms with Crippen LogP contribution in [0.25, 0.3) is 21.1 Å². The van der Waals surface area contributed by atoms with E-state index < -0.39 is 0 Å². The van der Waals surface area contributed by atoms with Gasteiger partial charge in [-0.2, -0.15) is 0 Å². The molecule has 0 aliphatic rings. The van der Waals surface area contributed by atoms with Crippen LogP contribution in [-0.2, 0) is 7.05 Å². The van der Waals surface area contributed by atoms with E-state index in [-0.39, 0.29) is 5.91 Å². The monoisotopic (exact) mass is 307 g/mol. The second-order valence-electron chi connectivity index (χ2n) is 5.14. The number of nitrogens with one attached hydrogen (secondary N) is 1. The van der Waals surface area contributed by atoms with Crippen molar-refractivity contribution in [3.05, 3.63) is 60.3 Å². The quantitative estimate of drug-likeness (QED) is 0.607. The maximum absolute atomic E-state index is 12.4. The molecule has 0 bridgehead atoms. The highest BCUT2D eigenvalue weighted by Crippen LogP contribution is 2.26. The van der Waals surface area contributed by atoms with Crippen molar-refractivity contribution in [2.75, 3.05) is 5.32 Å². The summed E-state index contributed by atoms with van der Waals surface area (Å²) >= 11 is 1.48. The Hall–Kier alpha value is -2.66. The molecule has 0 saturated heterocycles. The summed E-state index contributed by atoms with van der Waals surface area (Å²) in [6.45, 7) is 0. The molecule has 2 aromatic heterocycles. The van der Waals surface area contributed by atoms with Crippen molar-refractivity contribution in [3.8, 4) is 0 Å². The van der Waals surface area contributed by atoms with Gasteiger partial charge in [0.25, 0.3) is 5.91 Å². The van der Waals surface area contributed by atoms with Gasteiger partial charge in [-0.15, -0.1) is 0 Å². The largest absolute Gasteiger partial charge is 0.351 e. The van der Waals surface area contributed by atoms with Crippen molar-refractivity contribution in [2.45, 2.75) is 0 Å². The number of fused-ring (bicyclic) bond motifs is 2. The predicted octanol–water partition coefficient (Wildman–Crippen LogP) is 4.04. The molecule has 0 aliphatic carbocycles. The molecule has 4 rings (SSSR count). The van der Waals surface area contributed by atoms with E-state index in [1.165, 1.54) is 11.3 Å². The van der Waals surface area contributed by atoms with Gasteiger partial charge in [0.2, 0.25) is 0 Å². The number of thiazole rings is 1. The molecule has 0 spiro atoms. The average molecular weight is 307 g/mol. The Kier molecular flexibility index (Phi) is 2.94. The number of aromatic nitrogens is 2. The summed E-state index contributed by atoms with van der Waals surface area (Å²) in [5.41, 5.74) is 2.58. The van der Waals surface area contributed by atoms with Crippen LogP contribution in [0.4, 0.5) is 5.13 Å². The molecule has 108 valence electrons. The van der Waals surface area contributed by atoms with Crippen LogP contribution in [0.15, 0.2) is 54.7 Å². The number of carbonyl (C=O) groups excluding carboxylic acids is 1. The molecule has 0 radical (unpaired) electrons. The van der Waals surface area contributed by atoms with Gasteiger partial charge in [0.1, 0.15) is 0 Å². The lowest BCUT2D eigenvalue weighted by molar-refractivity contribution is 0.102. The average Bonchev–Trinajstić information content (AvgIpc) is 3.10. The lowest BCUT2D eigenvalue weighted by Crippen LogP contribution is -2.11. The highest BCUT2D eigenvalue weighted by Gasteiger charge is 2.11. The molecule has 5 heteroatoms. The molecule has 0 unspecified atom stereocenters. The van der Waals surface area contributed by atoms with Gasteiger partial charge < -0.3 is 4.57 Å². The number of hydrogen-bond acceptors (Lipinski definition) is 3. The Morgan fingerprint density at radius 3 is 2.91 bits per heavy atom. The van der Waals surface area contributed by atoms with Gasteiger partial charge in [-0.25, -0.2) is 4.98 Å². The van der Waals surface area contributed by atoms with Crippen LogP contribution in [0.1, 0.15) is 10.4 Å². The SMILES string of the molecule is Cn1ccc2ccc(C(=O)Nc3nc4ccccc4s3)cc21. The third-order valence-electron chi connectivity index (χ3n) is 3.66. The molecule has 0 aliphatic heterocycles. The first-order valence-corrected chi connectivity index (χ1v) is 7.74. The summed E-state index contributed by atoms with van der Waals surface area (Å²) in [4.78, 5) is 16.8. The summed E-state index contributed by atoms with van der Waals surface area (Å²) in [7, 11) is 1.97. The Morgan fingerprint density at radius 2 is 2.05 bits per heavy atom. The first kappa shape index (κ1) is 13.0. The van der Waals surface area contributed by atoms with Gasteiger partial charge in [-0.3, -0.25) is 10.1 Å². The Bertz CT molecular complexity index is 966. The molecule has 0 saturated carbocycles. The number of para-hydroxylation sites is 1. The van der Waals surface area contributed by atoms with Gasteiger partial charge in [0.05, 0.1) is 10.2 Å². The van der Waals surface area contributed by atoms with Crippen LogP contribution in [0.3, 0.4) is 0 Å². The first-order chi connectivity index (χ1) is 10.7. The van der Waals surface area contributed by atoms with Crippen LogP contribution < -0.4 is 5.32 Å². The minimum Gasteiger partial charge on any atom is -0.351 e. The molecule has 0 atom stereocenters.